The first kappa shape index (κ1) is 18.4. The van der Waals surface area contributed by atoms with Crippen molar-refractivity contribution < 1.29 is 9.53 Å². The first-order chi connectivity index (χ1) is 13.3. The number of amides is 1. The molecule has 0 atom stereocenters. The molecule has 0 aliphatic rings. The SMILES string of the molecule is COc1ccccc1CCNc1ccc(C(=O)NCc2ccncc2)cn1. The Balaban J connectivity index is 1.49. The number of nitrogens with one attached hydrogen (secondary N) is 2. The van der Waals surface area contributed by atoms with Crippen LogP contribution >= 0.6 is 0 Å². The molecule has 0 aliphatic carbocycles. The maximum absolute atomic E-state index is 12.2. The van der Waals surface area contributed by atoms with E-state index < -0.39 is 0 Å². The standard InChI is InChI=1S/C21H22N4O2/c1-27-19-5-3-2-4-17(19)10-13-23-20-7-6-18(15-24-20)21(26)25-14-16-8-11-22-12-9-16/h2-9,11-12,15H,10,13-14H2,1H3,(H,23,24)(H,25,26). The zero-order valence-electron chi connectivity index (χ0n) is 15.2. The van der Waals surface area contributed by atoms with Gasteiger partial charge in [-0.2, -0.15) is 0 Å². The van der Waals surface area contributed by atoms with E-state index in [2.05, 4.69) is 20.6 Å². The van der Waals surface area contributed by atoms with Crippen LogP contribution in [0, 0.1) is 0 Å². The molecule has 0 unspecified atom stereocenters. The topological polar surface area (TPSA) is 76.1 Å². The van der Waals surface area contributed by atoms with Gasteiger partial charge < -0.3 is 15.4 Å². The van der Waals surface area contributed by atoms with Crippen molar-refractivity contribution in [1.82, 2.24) is 15.3 Å². The lowest BCUT2D eigenvalue weighted by Crippen LogP contribution is -2.23. The lowest BCUT2D eigenvalue weighted by atomic mass is 10.1. The molecular weight excluding hydrogens is 340 g/mol. The predicted molar refractivity (Wildman–Crippen MR) is 105 cm³/mol. The second-order valence-electron chi connectivity index (χ2n) is 5.96. The number of benzene rings is 1. The maximum Gasteiger partial charge on any atom is 0.253 e. The molecule has 1 aromatic carbocycles. The van der Waals surface area contributed by atoms with Crippen LogP contribution < -0.4 is 15.4 Å². The molecule has 27 heavy (non-hydrogen) atoms. The minimum absolute atomic E-state index is 0.153. The second kappa shape index (κ2) is 9.33. The largest absolute Gasteiger partial charge is 0.496 e. The summed E-state index contributed by atoms with van der Waals surface area (Å²) in [7, 11) is 1.67. The molecule has 3 rings (SSSR count). The average Bonchev–Trinajstić information content (AvgIpc) is 2.73. The Morgan fingerprint density at radius 3 is 2.63 bits per heavy atom. The Bertz CT molecular complexity index is 867. The van der Waals surface area contributed by atoms with Crippen LogP contribution in [-0.2, 0) is 13.0 Å². The van der Waals surface area contributed by atoms with Crippen molar-refractivity contribution in [3.63, 3.8) is 0 Å². The fraction of sp³-hybridized carbons (Fsp3) is 0.190. The van der Waals surface area contributed by atoms with E-state index in [-0.39, 0.29) is 5.91 Å². The van der Waals surface area contributed by atoms with E-state index in [1.165, 1.54) is 0 Å². The number of para-hydroxylation sites is 1. The number of rotatable bonds is 8. The fourth-order valence-corrected chi connectivity index (χ4v) is 2.65. The predicted octanol–water partition coefficient (Wildman–Crippen LogP) is 3.07. The summed E-state index contributed by atoms with van der Waals surface area (Å²) in [5.74, 6) is 1.46. The van der Waals surface area contributed by atoms with Crippen molar-refractivity contribution in [3.05, 3.63) is 83.8 Å². The number of pyridine rings is 2. The highest BCUT2D eigenvalue weighted by Gasteiger charge is 2.06. The third-order valence-corrected chi connectivity index (χ3v) is 4.12. The summed E-state index contributed by atoms with van der Waals surface area (Å²) in [4.78, 5) is 20.5. The van der Waals surface area contributed by atoms with Crippen molar-refractivity contribution >= 4 is 11.7 Å². The van der Waals surface area contributed by atoms with Gasteiger partial charge in [0.25, 0.3) is 5.91 Å². The van der Waals surface area contributed by atoms with Crippen LogP contribution in [0.15, 0.2) is 67.1 Å². The summed E-state index contributed by atoms with van der Waals surface area (Å²) < 4.78 is 5.35. The summed E-state index contributed by atoms with van der Waals surface area (Å²) in [5, 5.41) is 6.13. The van der Waals surface area contributed by atoms with Crippen LogP contribution in [0.2, 0.25) is 0 Å². The van der Waals surface area contributed by atoms with E-state index in [4.69, 9.17) is 4.74 Å². The van der Waals surface area contributed by atoms with Crippen LogP contribution in [0.3, 0.4) is 0 Å². The minimum atomic E-state index is -0.153. The zero-order chi connectivity index (χ0) is 18.9. The molecular formula is C21H22N4O2. The molecule has 0 fully saturated rings. The smallest absolute Gasteiger partial charge is 0.253 e. The molecule has 138 valence electrons. The molecule has 3 aromatic rings. The highest BCUT2D eigenvalue weighted by atomic mass is 16.5. The number of ether oxygens (including phenoxy) is 1. The van der Waals surface area contributed by atoms with Crippen LogP contribution in [-0.4, -0.2) is 29.5 Å². The third-order valence-electron chi connectivity index (χ3n) is 4.12. The molecule has 2 heterocycles. The Hall–Kier alpha value is -3.41. The molecule has 0 saturated heterocycles. The van der Waals surface area contributed by atoms with Gasteiger partial charge in [0.2, 0.25) is 0 Å². The zero-order valence-corrected chi connectivity index (χ0v) is 15.2. The lowest BCUT2D eigenvalue weighted by molar-refractivity contribution is 0.0950. The van der Waals surface area contributed by atoms with Crippen LogP contribution in [0.4, 0.5) is 5.82 Å². The molecule has 0 saturated carbocycles. The summed E-state index contributed by atoms with van der Waals surface area (Å²) in [6.07, 6.45) is 5.80. The number of anilines is 1. The summed E-state index contributed by atoms with van der Waals surface area (Å²) in [6, 6.07) is 15.3. The lowest BCUT2D eigenvalue weighted by Gasteiger charge is -2.10. The number of hydrogen-bond donors (Lipinski definition) is 2. The molecule has 1 amide bonds. The van der Waals surface area contributed by atoms with E-state index >= 15 is 0 Å². The maximum atomic E-state index is 12.2. The first-order valence-corrected chi connectivity index (χ1v) is 8.75. The fourth-order valence-electron chi connectivity index (χ4n) is 2.65. The average molecular weight is 362 g/mol. The van der Waals surface area contributed by atoms with Gasteiger partial charge in [0.15, 0.2) is 0 Å². The molecule has 2 N–H and O–H groups in total. The summed E-state index contributed by atoms with van der Waals surface area (Å²) in [5.41, 5.74) is 2.67. The monoisotopic (exact) mass is 362 g/mol. The van der Waals surface area contributed by atoms with Crippen LogP contribution in [0.1, 0.15) is 21.5 Å². The van der Waals surface area contributed by atoms with Crippen molar-refractivity contribution in [3.8, 4) is 5.75 Å². The van der Waals surface area contributed by atoms with Gasteiger partial charge in [-0.3, -0.25) is 9.78 Å². The summed E-state index contributed by atoms with van der Waals surface area (Å²) >= 11 is 0. The van der Waals surface area contributed by atoms with Gasteiger partial charge in [-0.15, -0.1) is 0 Å². The summed E-state index contributed by atoms with van der Waals surface area (Å²) in [6.45, 7) is 1.18. The Morgan fingerprint density at radius 1 is 1.07 bits per heavy atom. The van der Waals surface area contributed by atoms with Crippen LogP contribution in [0.5, 0.6) is 5.75 Å². The van der Waals surface area contributed by atoms with Gasteiger partial charge in [0.05, 0.1) is 12.7 Å². The number of carbonyl (C=O) groups is 1. The minimum Gasteiger partial charge on any atom is -0.496 e. The van der Waals surface area contributed by atoms with Crippen LogP contribution in [0.25, 0.3) is 0 Å². The molecule has 6 nitrogen and oxygen atoms in total. The Labute approximate surface area is 158 Å². The van der Waals surface area contributed by atoms with Gasteiger partial charge >= 0.3 is 0 Å². The first-order valence-electron chi connectivity index (χ1n) is 8.75. The van der Waals surface area contributed by atoms with Crippen molar-refractivity contribution in [1.29, 1.82) is 0 Å². The molecule has 0 spiro atoms. The highest BCUT2D eigenvalue weighted by Crippen LogP contribution is 2.17. The molecule has 2 aromatic heterocycles. The molecule has 0 bridgehead atoms. The van der Waals surface area contributed by atoms with Gasteiger partial charge in [-0.1, -0.05) is 18.2 Å². The highest BCUT2D eigenvalue weighted by molar-refractivity contribution is 5.93. The number of aromatic nitrogens is 2. The van der Waals surface area contributed by atoms with Gasteiger partial charge in [0.1, 0.15) is 11.6 Å². The van der Waals surface area contributed by atoms with Gasteiger partial charge in [-0.25, -0.2) is 4.98 Å². The molecule has 0 aliphatic heterocycles. The van der Waals surface area contributed by atoms with Crippen molar-refractivity contribution in [2.45, 2.75) is 13.0 Å². The van der Waals surface area contributed by atoms with Gasteiger partial charge in [-0.05, 0) is 47.9 Å². The van der Waals surface area contributed by atoms with E-state index in [0.717, 1.165) is 35.7 Å². The van der Waals surface area contributed by atoms with Gasteiger partial charge in [0, 0.05) is 31.7 Å². The van der Waals surface area contributed by atoms with Crippen molar-refractivity contribution in [2.24, 2.45) is 0 Å². The second-order valence-corrected chi connectivity index (χ2v) is 5.96. The Morgan fingerprint density at radius 2 is 1.89 bits per heavy atom. The van der Waals surface area contributed by atoms with E-state index in [9.17, 15) is 4.79 Å². The molecule has 0 radical (unpaired) electrons. The van der Waals surface area contributed by atoms with E-state index in [0.29, 0.717) is 12.1 Å². The van der Waals surface area contributed by atoms with E-state index in [1.54, 1.807) is 31.8 Å². The van der Waals surface area contributed by atoms with E-state index in [1.807, 2.05) is 42.5 Å². The number of nitrogens with zero attached hydrogens (tertiary/aromatic N) is 2. The van der Waals surface area contributed by atoms with Crippen molar-refractivity contribution in [2.75, 3.05) is 19.0 Å². The number of hydrogen-bond acceptors (Lipinski definition) is 5. The quantitative estimate of drug-likeness (QED) is 0.644. The number of carbonyl (C=O) groups excluding carboxylic acids is 1. The molecule has 6 heteroatoms. The third kappa shape index (κ3) is 5.28. The number of methoxy groups -OCH3 is 1. The normalized spacial score (nSPS) is 10.3. The Kier molecular flexibility index (Phi) is 6.35.